The normalized spacial score (nSPS) is 15.4. The maximum absolute atomic E-state index is 11.9. The molecule has 0 unspecified atom stereocenters. The smallest absolute Gasteiger partial charge is 0.303 e. The van der Waals surface area contributed by atoms with Crippen molar-refractivity contribution in [3.63, 3.8) is 0 Å². The van der Waals surface area contributed by atoms with Crippen molar-refractivity contribution in [2.45, 2.75) is 31.8 Å². The van der Waals surface area contributed by atoms with Crippen molar-refractivity contribution >= 4 is 22.8 Å². The number of likely N-dealkylation sites (tertiary alicyclic amines) is 1. The first kappa shape index (κ1) is 16.1. The van der Waals surface area contributed by atoms with E-state index in [0.29, 0.717) is 31.8 Å². The molecule has 0 atom stereocenters. The van der Waals surface area contributed by atoms with Crippen LogP contribution in [0.15, 0.2) is 24.3 Å². The minimum atomic E-state index is -0.954. The molecule has 126 valence electrons. The van der Waals surface area contributed by atoms with Gasteiger partial charge in [-0.1, -0.05) is 17.2 Å². The van der Waals surface area contributed by atoms with Gasteiger partial charge in [0.1, 0.15) is 11.6 Å². The van der Waals surface area contributed by atoms with E-state index in [-0.39, 0.29) is 24.9 Å². The second-order valence-corrected chi connectivity index (χ2v) is 5.70. The molecule has 0 saturated carbocycles. The number of aromatic nitrogens is 3. The Kier molecular flexibility index (Phi) is 4.83. The molecule has 3 rings (SSSR count). The Morgan fingerprint density at radius 2 is 1.92 bits per heavy atom. The molecule has 0 aliphatic carbocycles. The van der Waals surface area contributed by atoms with Crippen LogP contribution in [0.25, 0.3) is 10.9 Å². The van der Waals surface area contributed by atoms with Crippen molar-refractivity contribution in [3.05, 3.63) is 24.3 Å². The van der Waals surface area contributed by atoms with Gasteiger partial charge in [-0.2, -0.15) is 0 Å². The maximum atomic E-state index is 11.9. The minimum absolute atomic E-state index is 0.0430. The largest absolute Gasteiger partial charge is 0.481 e. The third kappa shape index (κ3) is 3.76. The van der Waals surface area contributed by atoms with E-state index in [0.717, 1.165) is 10.9 Å². The summed E-state index contributed by atoms with van der Waals surface area (Å²) in [5, 5.41) is 21.1. The minimum Gasteiger partial charge on any atom is -0.481 e. The number of rotatable bonds is 5. The molecule has 2 aromatic rings. The van der Waals surface area contributed by atoms with Crippen molar-refractivity contribution in [3.8, 4) is 5.88 Å². The van der Waals surface area contributed by atoms with Gasteiger partial charge < -0.3 is 14.7 Å². The number of carbonyl (C=O) groups is 2. The van der Waals surface area contributed by atoms with E-state index in [1.54, 1.807) is 4.90 Å². The summed E-state index contributed by atoms with van der Waals surface area (Å²) in [4.78, 5) is 24.2. The molecule has 1 fully saturated rings. The van der Waals surface area contributed by atoms with Gasteiger partial charge in [-0.15, -0.1) is 5.10 Å². The molecule has 1 saturated heterocycles. The number of nitrogens with zero attached hydrogens (tertiary/aromatic N) is 4. The van der Waals surface area contributed by atoms with Gasteiger partial charge in [0.2, 0.25) is 11.8 Å². The molecule has 24 heavy (non-hydrogen) atoms. The summed E-state index contributed by atoms with van der Waals surface area (Å²) < 4.78 is 5.95. The fourth-order valence-electron chi connectivity index (χ4n) is 2.75. The second-order valence-electron chi connectivity index (χ2n) is 5.70. The molecule has 1 N–H and O–H groups in total. The lowest BCUT2D eigenvalue weighted by molar-refractivity contribution is -0.141. The predicted molar refractivity (Wildman–Crippen MR) is 84.4 cm³/mol. The van der Waals surface area contributed by atoms with Crippen LogP contribution in [-0.4, -0.2) is 56.5 Å². The Morgan fingerprint density at radius 1 is 1.17 bits per heavy atom. The Bertz CT molecular complexity index is 738. The number of carbonyl (C=O) groups excluding carboxylic acids is 1. The van der Waals surface area contributed by atoms with Gasteiger partial charge >= 0.3 is 5.97 Å². The molecule has 1 aromatic heterocycles. The van der Waals surface area contributed by atoms with Crippen LogP contribution in [0.3, 0.4) is 0 Å². The van der Waals surface area contributed by atoms with Crippen molar-refractivity contribution in [2.24, 2.45) is 0 Å². The summed E-state index contributed by atoms with van der Waals surface area (Å²) in [5.41, 5.74) is 0.726. The van der Waals surface area contributed by atoms with Crippen molar-refractivity contribution in [1.29, 1.82) is 0 Å². The zero-order chi connectivity index (χ0) is 16.9. The van der Waals surface area contributed by atoms with Gasteiger partial charge in [-0.25, -0.2) is 0 Å². The SMILES string of the molecule is O=C(O)CCC(=O)N1CCC(Oc2nnnc3ccccc23)CC1. The average Bonchev–Trinajstić information content (AvgIpc) is 2.60. The van der Waals surface area contributed by atoms with E-state index in [9.17, 15) is 9.59 Å². The Hall–Kier alpha value is -2.77. The van der Waals surface area contributed by atoms with Crippen LogP contribution in [0.2, 0.25) is 0 Å². The molecular weight excluding hydrogens is 312 g/mol. The maximum Gasteiger partial charge on any atom is 0.303 e. The average molecular weight is 330 g/mol. The zero-order valence-electron chi connectivity index (χ0n) is 13.1. The number of amides is 1. The van der Waals surface area contributed by atoms with Gasteiger partial charge in [-0.05, 0) is 17.3 Å². The highest BCUT2D eigenvalue weighted by Crippen LogP contribution is 2.24. The number of aliphatic carboxylic acids is 1. The number of hydrogen-bond donors (Lipinski definition) is 1. The van der Waals surface area contributed by atoms with Gasteiger partial charge in [-0.3, -0.25) is 9.59 Å². The molecule has 8 heteroatoms. The van der Waals surface area contributed by atoms with E-state index in [1.807, 2.05) is 24.3 Å². The molecule has 1 aliphatic heterocycles. The van der Waals surface area contributed by atoms with Crippen LogP contribution in [0.1, 0.15) is 25.7 Å². The summed E-state index contributed by atoms with van der Waals surface area (Å²) in [6.45, 7) is 1.11. The van der Waals surface area contributed by atoms with Crippen molar-refractivity contribution in [1.82, 2.24) is 20.3 Å². The van der Waals surface area contributed by atoms with Crippen LogP contribution in [-0.2, 0) is 9.59 Å². The highest BCUT2D eigenvalue weighted by atomic mass is 16.5. The number of fused-ring (bicyclic) bond motifs is 1. The Balaban J connectivity index is 1.57. The van der Waals surface area contributed by atoms with Crippen LogP contribution in [0.5, 0.6) is 5.88 Å². The van der Waals surface area contributed by atoms with Crippen LogP contribution in [0, 0.1) is 0 Å². The third-order valence-corrected chi connectivity index (χ3v) is 4.05. The molecule has 0 spiro atoms. The van der Waals surface area contributed by atoms with Gasteiger partial charge in [0.05, 0.1) is 11.8 Å². The molecule has 8 nitrogen and oxygen atoms in total. The molecule has 1 aliphatic rings. The lowest BCUT2D eigenvalue weighted by atomic mass is 10.1. The van der Waals surface area contributed by atoms with Crippen molar-refractivity contribution in [2.75, 3.05) is 13.1 Å². The van der Waals surface area contributed by atoms with E-state index >= 15 is 0 Å². The fourth-order valence-corrected chi connectivity index (χ4v) is 2.75. The van der Waals surface area contributed by atoms with Gasteiger partial charge in [0, 0.05) is 32.4 Å². The second kappa shape index (κ2) is 7.20. The highest BCUT2D eigenvalue weighted by Gasteiger charge is 2.25. The number of carboxylic acid groups (broad SMARTS) is 1. The summed E-state index contributed by atoms with van der Waals surface area (Å²) in [7, 11) is 0. The highest BCUT2D eigenvalue weighted by molar-refractivity contribution is 5.82. The van der Waals surface area contributed by atoms with Crippen LogP contribution in [0.4, 0.5) is 0 Å². The predicted octanol–water partition coefficient (Wildman–Crippen LogP) is 1.26. The zero-order valence-corrected chi connectivity index (χ0v) is 13.1. The first-order valence-corrected chi connectivity index (χ1v) is 7.88. The lowest BCUT2D eigenvalue weighted by Crippen LogP contribution is -2.42. The number of carboxylic acids is 1. The van der Waals surface area contributed by atoms with Crippen LogP contribution < -0.4 is 4.74 Å². The Morgan fingerprint density at radius 3 is 2.67 bits per heavy atom. The fraction of sp³-hybridized carbons (Fsp3) is 0.438. The number of hydrogen-bond acceptors (Lipinski definition) is 6. The van der Waals surface area contributed by atoms with Gasteiger partial charge in [0.25, 0.3) is 0 Å². The molecule has 1 amide bonds. The number of benzene rings is 1. The van der Waals surface area contributed by atoms with Gasteiger partial charge in [0.15, 0.2) is 0 Å². The molecule has 0 radical (unpaired) electrons. The van der Waals surface area contributed by atoms with E-state index in [4.69, 9.17) is 9.84 Å². The monoisotopic (exact) mass is 330 g/mol. The Labute approximate surface area is 138 Å². The summed E-state index contributed by atoms with van der Waals surface area (Å²) in [6.07, 6.45) is 1.22. The molecule has 1 aromatic carbocycles. The lowest BCUT2D eigenvalue weighted by Gasteiger charge is -2.32. The number of piperidine rings is 1. The molecule has 0 bridgehead atoms. The number of ether oxygens (including phenoxy) is 1. The molecular formula is C16H18N4O4. The summed E-state index contributed by atoms with van der Waals surface area (Å²) in [5.74, 6) is -0.619. The van der Waals surface area contributed by atoms with Crippen molar-refractivity contribution < 1.29 is 19.4 Å². The van der Waals surface area contributed by atoms with E-state index in [2.05, 4.69) is 15.4 Å². The standard InChI is InChI=1S/C16H18N4O4/c21-14(5-6-15(22)23)20-9-7-11(8-10-20)24-16-12-3-1-2-4-13(12)17-19-18-16/h1-4,11H,5-10H2,(H,22,23). The van der Waals surface area contributed by atoms with E-state index in [1.165, 1.54) is 0 Å². The third-order valence-electron chi connectivity index (χ3n) is 4.05. The first-order valence-electron chi connectivity index (χ1n) is 7.88. The van der Waals surface area contributed by atoms with E-state index < -0.39 is 5.97 Å². The first-order chi connectivity index (χ1) is 11.6. The summed E-state index contributed by atoms with van der Waals surface area (Å²) >= 11 is 0. The molecule has 2 heterocycles. The topological polar surface area (TPSA) is 106 Å². The summed E-state index contributed by atoms with van der Waals surface area (Å²) in [6, 6.07) is 7.50. The quantitative estimate of drug-likeness (QED) is 0.879. The van der Waals surface area contributed by atoms with Crippen LogP contribution >= 0.6 is 0 Å².